The zero-order chi connectivity index (χ0) is 16.4. The molecule has 0 amide bonds. The standard InChI is InChI=1S/C17H19FN4O/c1-12(2)22-11-19-9-15(22)17-20-7-8-21(17)16(10-23)13-3-5-14(18)6-4-13/h3-9,11-12,16,23H,10H2,1-2H3. The highest BCUT2D eigenvalue weighted by atomic mass is 19.1. The Balaban J connectivity index is 2.05. The fourth-order valence-electron chi connectivity index (χ4n) is 2.69. The Morgan fingerprint density at radius 3 is 2.57 bits per heavy atom. The highest BCUT2D eigenvalue weighted by Gasteiger charge is 2.20. The van der Waals surface area contributed by atoms with E-state index < -0.39 is 0 Å². The first-order valence-corrected chi connectivity index (χ1v) is 7.53. The zero-order valence-corrected chi connectivity index (χ0v) is 13.1. The van der Waals surface area contributed by atoms with Crippen molar-refractivity contribution in [1.82, 2.24) is 19.1 Å². The molecule has 0 radical (unpaired) electrons. The van der Waals surface area contributed by atoms with E-state index in [1.807, 2.05) is 15.3 Å². The number of aromatic nitrogens is 4. The molecule has 0 saturated heterocycles. The van der Waals surface area contributed by atoms with Crippen LogP contribution in [0.4, 0.5) is 4.39 Å². The molecule has 2 aromatic heterocycles. The van der Waals surface area contributed by atoms with Gasteiger partial charge < -0.3 is 14.2 Å². The van der Waals surface area contributed by atoms with Crippen molar-refractivity contribution in [2.24, 2.45) is 0 Å². The summed E-state index contributed by atoms with van der Waals surface area (Å²) in [7, 11) is 0. The second-order valence-electron chi connectivity index (χ2n) is 5.69. The minimum absolute atomic E-state index is 0.106. The summed E-state index contributed by atoms with van der Waals surface area (Å²) < 4.78 is 17.1. The largest absolute Gasteiger partial charge is 0.394 e. The molecule has 0 bridgehead atoms. The van der Waals surface area contributed by atoms with Crippen molar-refractivity contribution in [1.29, 1.82) is 0 Å². The lowest BCUT2D eigenvalue weighted by Gasteiger charge is -2.20. The van der Waals surface area contributed by atoms with E-state index in [-0.39, 0.29) is 24.5 Å². The van der Waals surface area contributed by atoms with Crippen LogP contribution in [-0.4, -0.2) is 30.8 Å². The first-order valence-electron chi connectivity index (χ1n) is 7.53. The summed E-state index contributed by atoms with van der Waals surface area (Å²) in [6.07, 6.45) is 7.04. The number of benzene rings is 1. The van der Waals surface area contributed by atoms with E-state index in [9.17, 15) is 9.50 Å². The van der Waals surface area contributed by atoms with Crippen LogP contribution in [0.25, 0.3) is 11.5 Å². The number of halogens is 1. The Morgan fingerprint density at radius 1 is 1.17 bits per heavy atom. The third-order valence-corrected chi connectivity index (χ3v) is 3.88. The molecule has 6 heteroatoms. The number of imidazole rings is 2. The van der Waals surface area contributed by atoms with Crippen LogP contribution in [0.2, 0.25) is 0 Å². The van der Waals surface area contributed by atoms with Crippen molar-refractivity contribution in [3.05, 3.63) is 60.6 Å². The van der Waals surface area contributed by atoms with Crippen LogP contribution >= 0.6 is 0 Å². The Morgan fingerprint density at radius 2 is 1.91 bits per heavy atom. The van der Waals surface area contributed by atoms with Gasteiger partial charge in [-0.1, -0.05) is 12.1 Å². The second kappa shape index (κ2) is 6.34. The fourth-order valence-corrected chi connectivity index (χ4v) is 2.69. The number of nitrogens with zero attached hydrogens (tertiary/aromatic N) is 4. The van der Waals surface area contributed by atoms with Crippen LogP contribution in [0.15, 0.2) is 49.2 Å². The van der Waals surface area contributed by atoms with E-state index in [0.29, 0.717) is 0 Å². The molecule has 0 spiro atoms. The molecule has 0 fully saturated rings. The van der Waals surface area contributed by atoms with Gasteiger partial charge in [0.2, 0.25) is 0 Å². The first-order chi connectivity index (χ1) is 11.1. The van der Waals surface area contributed by atoms with Crippen LogP contribution in [0.1, 0.15) is 31.5 Å². The van der Waals surface area contributed by atoms with Crippen molar-refractivity contribution in [3.63, 3.8) is 0 Å². The molecule has 120 valence electrons. The van der Waals surface area contributed by atoms with Gasteiger partial charge in [-0.3, -0.25) is 0 Å². The lowest BCUT2D eigenvalue weighted by molar-refractivity contribution is 0.250. The van der Waals surface area contributed by atoms with E-state index in [2.05, 4.69) is 23.8 Å². The molecule has 5 nitrogen and oxygen atoms in total. The average molecular weight is 314 g/mol. The molecule has 1 unspecified atom stereocenters. The minimum atomic E-state index is -0.330. The van der Waals surface area contributed by atoms with Crippen LogP contribution in [0.5, 0.6) is 0 Å². The lowest BCUT2D eigenvalue weighted by Crippen LogP contribution is -2.16. The fraction of sp³-hybridized carbons (Fsp3) is 0.294. The van der Waals surface area contributed by atoms with E-state index in [4.69, 9.17) is 0 Å². The van der Waals surface area contributed by atoms with Crippen LogP contribution in [0.3, 0.4) is 0 Å². The summed E-state index contributed by atoms with van der Waals surface area (Å²) in [6.45, 7) is 4.04. The average Bonchev–Trinajstić information content (AvgIpc) is 3.18. The molecular formula is C17H19FN4O. The maximum atomic E-state index is 13.1. The normalized spacial score (nSPS) is 12.7. The first kappa shape index (κ1) is 15.4. The molecule has 23 heavy (non-hydrogen) atoms. The molecule has 2 heterocycles. The molecule has 0 aliphatic carbocycles. The van der Waals surface area contributed by atoms with Crippen molar-refractivity contribution in [2.75, 3.05) is 6.61 Å². The molecule has 0 saturated carbocycles. The Labute approximate surface area is 134 Å². The summed E-state index contributed by atoms with van der Waals surface area (Å²) in [4.78, 5) is 8.64. The number of aliphatic hydroxyl groups is 1. The molecule has 3 aromatic rings. The van der Waals surface area contributed by atoms with E-state index in [0.717, 1.165) is 17.1 Å². The maximum absolute atomic E-state index is 13.1. The van der Waals surface area contributed by atoms with Gasteiger partial charge in [0.1, 0.15) is 11.5 Å². The molecule has 1 atom stereocenters. The van der Waals surface area contributed by atoms with Gasteiger partial charge in [-0.25, -0.2) is 14.4 Å². The van der Waals surface area contributed by atoms with Crippen molar-refractivity contribution < 1.29 is 9.50 Å². The summed E-state index contributed by atoms with van der Waals surface area (Å²) in [5.41, 5.74) is 1.70. The predicted molar refractivity (Wildman–Crippen MR) is 85.5 cm³/mol. The van der Waals surface area contributed by atoms with Gasteiger partial charge >= 0.3 is 0 Å². The molecular weight excluding hydrogens is 295 g/mol. The predicted octanol–water partition coefficient (Wildman–Crippen LogP) is 3.05. The van der Waals surface area contributed by atoms with Crippen LogP contribution in [0, 0.1) is 5.82 Å². The molecule has 1 N–H and O–H groups in total. The Bertz CT molecular complexity index is 776. The Hall–Kier alpha value is -2.47. The highest BCUT2D eigenvalue weighted by Crippen LogP contribution is 2.27. The van der Waals surface area contributed by atoms with Gasteiger partial charge in [0.05, 0.1) is 25.2 Å². The van der Waals surface area contributed by atoms with Crippen molar-refractivity contribution in [3.8, 4) is 11.5 Å². The second-order valence-corrected chi connectivity index (χ2v) is 5.69. The maximum Gasteiger partial charge on any atom is 0.158 e. The van der Waals surface area contributed by atoms with Gasteiger partial charge in [0.25, 0.3) is 0 Å². The number of hydrogen-bond donors (Lipinski definition) is 1. The third-order valence-electron chi connectivity index (χ3n) is 3.88. The third kappa shape index (κ3) is 2.90. The molecule has 1 aromatic carbocycles. The van der Waals surface area contributed by atoms with E-state index in [1.165, 1.54) is 12.1 Å². The van der Waals surface area contributed by atoms with Crippen LogP contribution in [-0.2, 0) is 0 Å². The Kier molecular flexibility index (Phi) is 4.25. The van der Waals surface area contributed by atoms with E-state index >= 15 is 0 Å². The SMILES string of the molecule is CC(C)n1cncc1-c1nccn1C(CO)c1ccc(F)cc1. The van der Waals surface area contributed by atoms with Gasteiger partial charge in [-0.15, -0.1) is 0 Å². The van der Waals surface area contributed by atoms with E-state index in [1.54, 1.807) is 30.9 Å². The van der Waals surface area contributed by atoms with Gasteiger partial charge in [-0.05, 0) is 31.5 Å². The smallest absolute Gasteiger partial charge is 0.158 e. The molecule has 0 aliphatic heterocycles. The summed E-state index contributed by atoms with van der Waals surface area (Å²) in [5.74, 6) is 0.425. The monoisotopic (exact) mass is 314 g/mol. The number of rotatable bonds is 5. The summed E-state index contributed by atoms with van der Waals surface area (Å²) in [6, 6.07) is 6.07. The van der Waals surface area contributed by atoms with Gasteiger partial charge in [0.15, 0.2) is 5.82 Å². The van der Waals surface area contributed by atoms with Crippen molar-refractivity contribution >= 4 is 0 Å². The number of aliphatic hydroxyl groups excluding tert-OH is 1. The molecule has 3 rings (SSSR count). The zero-order valence-electron chi connectivity index (χ0n) is 13.1. The topological polar surface area (TPSA) is 55.9 Å². The van der Waals surface area contributed by atoms with Gasteiger partial charge in [0, 0.05) is 18.4 Å². The number of hydrogen-bond acceptors (Lipinski definition) is 3. The molecule has 0 aliphatic rings. The minimum Gasteiger partial charge on any atom is -0.394 e. The quantitative estimate of drug-likeness (QED) is 0.787. The summed E-state index contributed by atoms with van der Waals surface area (Å²) in [5, 5.41) is 9.86. The summed E-state index contributed by atoms with van der Waals surface area (Å²) >= 11 is 0. The van der Waals surface area contributed by atoms with Crippen molar-refractivity contribution in [2.45, 2.75) is 25.9 Å². The van der Waals surface area contributed by atoms with Crippen LogP contribution < -0.4 is 0 Å². The van der Waals surface area contributed by atoms with Gasteiger partial charge in [-0.2, -0.15) is 0 Å². The lowest BCUT2D eigenvalue weighted by atomic mass is 10.1. The highest BCUT2D eigenvalue weighted by molar-refractivity contribution is 5.50.